The Hall–Kier alpha value is -1.39. The van der Waals surface area contributed by atoms with Crippen LogP contribution in [0.2, 0.25) is 18.1 Å². The molecule has 0 saturated carbocycles. The smallest absolute Gasteiger partial charge is 0.192 e. The number of aliphatic hydroxyl groups is 1. The molecule has 0 spiro atoms. The molecule has 9 nitrogen and oxygen atoms in total. The van der Waals surface area contributed by atoms with E-state index in [0.717, 1.165) is 24.8 Å². The Morgan fingerprint density at radius 3 is 2.22 bits per heavy atom. The normalized spacial score (nSPS) is 33.3. The van der Waals surface area contributed by atoms with Gasteiger partial charge in [0.1, 0.15) is 0 Å². The summed E-state index contributed by atoms with van der Waals surface area (Å²) in [5, 5.41) is 20.3. The van der Waals surface area contributed by atoms with Gasteiger partial charge in [-0.25, -0.2) is 0 Å². The fourth-order valence-electron chi connectivity index (χ4n) is 6.91. The highest BCUT2D eigenvalue weighted by Crippen LogP contribution is 2.43. The summed E-state index contributed by atoms with van der Waals surface area (Å²) >= 11 is 0. The van der Waals surface area contributed by atoms with Crippen molar-refractivity contribution in [2.45, 2.75) is 172 Å². The Morgan fingerprint density at radius 1 is 0.913 bits per heavy atom. The molecule has 3 saturated heterocycles. The molecule has 4 rings (SSSR count). The second-order valence-electron chi connectivity index (χ2n) is 16.0. The lowest BCUT2D eigenvalue weighted by molar-refractivity contribution is -0.343. The van der Waals surface area contributed by atoms with Crippen LogP contribution < -0.4 is 0 Å². The fourth-order valence-corrected chi connectivity index (χ4v) is 8.29. The van der Waals surface area contributed by atoms with E-state index in [4.69, 9.17) is 32.8 Å². The van der Waals surface area contributed by atoms with Crippen LogP contribution in [0, 0.1) is 11.3 Å². The highest BCUT2D eigenvalue weighted by atomic mass is 28.4. The summed E-state index contributed by atoms with van der Waals surface area (Å²) in [6, 6.07) is 12.6. The van der Waals surface area contributed by atoms with Gasteiger partial charge in [-0.1, -0.05) is 51.1 Å². The summed E-state index contributed by atoms with van der Waals surface area (Å²) in [6.45, 7) is 19.9. The third kappa shape index (κ3) is 10.6. The molecule has 260 valence electrons. The van der Waals surface area contributed by atoms with Crippen molar-refractivity contribution >= 4 is 8.32 Å². The van der Waals surface area contributed by atoms with Gasteiger partial charge in [0.15, 0.2) is 25.5 Å². The van der Waals surface area contributed by atoms with Gasteiger partial charge in [-0.05, 0) is 70.7 Å². The average molecular weight is 662 g/mol. The molecule has 0 unspecified atom stereocenters. The number of hydrogen-bond acceptors (Lipinski definition) is 9. The van der Waals surface area contributed by atoms with E-state index in [9.17, 15) is 10.4 Å². The molecule has 1 aromatic carbocycles. The molecule has 3 heterocycles. The molecule has 0 amide bonds. The van der Waals surface area contributed by atoms with Crippen molar-refractivity contribution in [3.63, 3.8) is 0 Å². The van der Waals surface area contributed by atoms with Gasteiger partial charge in [-0.15, -0.1) is 0 Å². The Kier molecular flexibility index (Phi) is 12.2. The van der Waals surface area contributed by atoms with Gasteiger partial charge in [0.25, 0.3) is 0 Å². The highest BCUT2D eigenvalue weighted by Gasteiger charge is 2.50. The molecular weight excluding hydrogens is 602 g/mol. The van der Waals surface area contributed by atoms with Crippen molar-refractivity contribution in [3.05, 3.63) is 35.9 Å². The van der Waals surface area contributed by atoms with Crippen LogP contribution in [0.15, 0.2) is 30.3 Å². The van der Waals surface area contributed by atoms with Crippen LogP contribution in [0.3, 0.4) is 0 Å². The first-order valence-corrected chi connectivity index (χ1v) is 20.0. The maximum Gasteiger partial charge on any atom is 0.192 e. The minimum atomic E-state index is -1.99. The lowest BCUT2D eigenvalue weighted by Crippen LogP contribution is -2.56. The van der Waals surface area contributed by atoms with E-state index in [1.807, 2.05) is 32.0 Å². The van der Waals surface area contributed by atoms with Gasteiger partial charge in [-0.3, -0.25) is 0 Å². The molecule has 46 heavy (non-hydrogen) atoms. The molecule has 1 N–H and O–H groups in total. The minimum Gasteiger partial charge on any atom is -0.414 e. The van der Waals surface area contributed by atoms with E-state index < -0.39 is 31.6 Å². The van der Waals surface area contributed by atoms with Crippen LogP contribution in [0.1, 0.15) is 99.0 Å². The lowest BCUT2D eigenvalue weighted by Gasteiger charge is -2.48. The van der Waals surface area contributed by atoms with Crippen LogP contribution in [-0.4, -0.2) is 80.4 Å². The Labute approximate surface area is 278 Å². The third-order valence-electron chi connectivity index (χ3n) is 9.77. The monoisotopic (exact) mass is 661 g/mol. The zero-order valence-corrected chi connectivity index (χ0v) is 30.7. The molecule has 0 bridgehead atoms. The highest BCUT2D eigenvalue weighted by molar-refractivity contribution is 6.74. The maximum atomic E-state index is 10.3. The Balaban J connectivity index is 1.43. The number of nitrogens with zero attached hydrogens (tertiary/aromatic N) is 1. The second kappa shape index (κ2) is 15.0. The summed E-state index contributed by atoms with van der Waals surface area (Å²) in [5.41, 5.74) is 0.0317. The summed E-state index contributed by atoms with van der Waals surface area (Å²) in [7, 11) is -1.99. The molecule has 3 aliphatic heterocycles. The fraction of sp³-hybridized carbons (Fsp3) is 0.806. The van der Waals surface area contributed by atoms with Crippen LogP contribution in [0.4, 0.5) is 0 Å². The van der Waals surface area contributed by atoms with Gasteiger partial charge in [0.05, 0.1) is 49.8 Å². The second-order valence-corrected chi connectivity index (χ2v) is 20.7. The van der Waals surface area contributed by atoms with E-state index in [0.29, 0.717) is 32.5 Å². The number of ether oxygens (including phenoxy) is 6. The van der Waals surface area contributed by atoms with Gasteiger partial charge < -0.3 is 38.0 Å². The van der Waals surface area contributed by atoms with Crippen LogP contribution in [0.5, 0.6) is 0 Å². The predicted octanol–water partition coefficient (Wildman–Crippen LogP) is 7.02. The Bertz CT molecular complexity index is 1150. The van der Waals surface area contributed by atoms with Gasteiger partial charge in [0.2, 0.25) is 0 Å². The quantitative estimate of drug-likeness (QED) is 0.187. The largest absolute Gasteiger partial charge is 0.414 e. The van der Waals surface area contributed by atoms with Gasteiger partial charge in [0, 0.05) is 38.4 Å². The van der Waals surface area contributed by atoms with Crippen molar-refractivity contribution < 1.29 is 38.0 Å². The van der Waals surface area contributed by atoms with E-state index in [1.165, 1.54) is 0 Å². The van der Waals surface area contributed by atoms with Crippen molar-refractivity contribution in [3.8, 4) is 6.07 Å². The third-order valence-corrected chi connectivity index (χ3v) is 14.3. The van der Waals surface area contributed by atoms with Gasteiger partial charge >= 0.3 is 0 Å². The van der Waals surface area contributed by atoms with Crippen molar-refractivity contribution in [1.82, 2.24) is 0 Å². The number of benzene rings is 1. The first-order chi connectivity index (χ1) is 21.4. The maximum absolute atomic E-state index is 10.3. The van der Waals surface area contributed by atoms with E-state index in [1.54, 1.807) is 13.8 Å². The summed E-state index contributed by atoms with van der Waals surface area (Å²) in [6.07, 6.45) is 3.65. The predicted molar refractivity (Wildman–Crippen MR) is 178 cm³/mol. The standard InChI is InChI=1S/C36H59NO8Si/c1-33(2,3)46(8,9)44-30-17-27(15-16-39-24-26-13-11-10-12-14-26)40-28(19-30)18-29-20-31(42-34(4,5)41-29)21-36(25-37)22-32(23-38)43-35(6,7)45-36/h10-14,27-32,38H,15-24H2,1-9H3/t27-,28+,29+,30+,31-,32+,36+/m1/s1. The molecule has 0 radical (unpaired) electrons. The van der Waals surface area contributed by atoms with Gasteiger partial charge in [-0.2, -0.15) is 5.26 Å². The molecule has 3 fully saturated rings. The van der Waals surface area contributed by atoms with Crippen molar-refractivity contribution in [2.75, 3.05) is 13.2 Å². The molecule has 7 atom stereocenters. The van der Waals surface area contributed by atoms with E-state index >= 15 is 0 Å². The number of hydrogen-bond donors (Lipinski definition) is 1. The van der Waals surface area contributed by atoms with Crippen molar-refractivity contribution in [2.24, 2.45) is 0 Å². The zero-order valence-electron chi connectivity index (χ0n) is 29.7. The van der Waals surface area contributed by atoms with E-state index in [2.05, 4.69) is 52.1 Å². The van der Waals surface area contributed by atoms with E-state index in [-0.39, 0.29) is 48.6 Å². The summed E-state index contributed by atoms with van der Waals surface area (Å²) in [5.74, 6) is -1.83. The van der Waals surface area contributed by atoms with Crippen molar-refractivity contribution in [1.29, 1.82) is 5.26 Å². The number of nitriles is 1. The topological polar surface area (TPSA) is 109 Å². The average Bonchev–Trinajstić information content (AvgIpc) is 2.93. The lowest BCUT2D eigenvalue weighted by atomic mass is 9.86. The summed E-state index contributed by atoms with van der Waals surface area (Å²) < 4.78 is 44.6. The van der Waals surface area contributed by atoms with Crippen LogP contribution in [-0.2, 0) is 39.5 Å². The molecular formula is C36H59NO8Si. The number of aliphatic hydroxyl groups excluding tert-OH is 1. The summed E-state index contributed by atoms with van der Waals surface area (Å²) in [4.78, 5) is 0. The van der Waals surface area contributed by atoms with Crippen LogP contribution in [0.25, 0.3) is 0 Å². The first-order valence-electron chi connectivity index (χ1n) is 17.1. The molecule has 1 aromatic rings. The molecule has 0 aliphatic carbocycles. The zero-order chi connectivity index (χ0) is 33.8. The minimum absolute atomic E-state index is 0.0306. The first kappa shape index (κ1) is 37.4. The SMILES string of the molecule is CC1(C)O[C@@H](C[C@@]2(C#N)C[C@@H](CO)OC(C)(C)O2)C[C@H](C[C@H]2C[C@@H](O[Si](C)(C)C(C)(C)C)C[C@@H](CCOCc3ccccc3)O2)O1. The molecule has 10 heteroatoms. The Morgan fingerprint density at radius 2 is 1.57 bits per heavy atom. The number of rotatable bonds is 12. The molecule has 3 aliphatic rings. The van der Waals surface area contributed by atoms with Crippen LogP contribution >= 0.6 is 0 Å². The molecule has 0 aromatic heterocycles.